The molecule has 356 valence electrons. The Morgan fingerprint density at radius 1 is 0.563 bits per heavy atom. The predicted molar refractivity (Wildman–Crippen MR) is 292 cm³/mol. The molecule has 4 aromatic heterocycles. The van der Waals surface area contributed by atoms with Crippen LogP contribution in [0.2, 0.25) is 0 Å². The summed E-state index contributed by atoms with van der Waals surface area (Å²) in [6.45, 7) is 22.4. The van der Waals surface area contributed by atoms with Crippen molar-refractivity contribution in [1.29, 1.82) is 0 Å². The van der Waals surface area contributed by atoms with Gasteiger partial charge in [-0.1, -0.05) is 177 Å². The van der Waals surface area contributed by atoms with Gasteiger partial charge in [0.2, 0.25) is 0 Å². The third-order valence-electron chi connectivity index (χ3n) is 14.5. The largest absolute Gasteiger partial charge is 0.507 e. The number of benzene rings is 8. The number of pyridine rings is 1. The summed E-state index contributed by atoms with van der Waals surface area (Å²) in [7, 11) is 0. The van der Waals surface area contributed by atoms with Crippen LogP contribution >= 0.6 is 0 Å². The van der Waals surface area contributed by atoms with Crippen LogP contribution in [0.5, 0.6) is 5.75 Å². The summed E-state index contributed by atoms with van der Waals surface area (Å²) in [5.41, 5.74) is 17.3. The van der Waals surface area contributed by atoms with Crippen molar-refractivity contribution < 1.29 is 30.6 Å². The van der Waals surface area contributed by atoms with Gasteiger partial charge in [-0.05, 0) is 104 Å². The number of aromatic nitrogens is 4. The van der Waals surface area contributed by atoms with Crippen LogP contribution in [0.15, 0.2) is 150 Å². The van der Waals surface area contributed by atoms with Gasteiger partial charge in [0.1, 0.15) is 17.2 Å². The van der Waals surface area contributed by atoms with Gasteiger partial charge in [-0.25, -0.2) is 4.98 Å². The summed E-state index contributed by atoms with van der Waals surface area (Å²) in [4.78, 5) is 11.4. The van der Waals surface area contributed by atoms with E-state index in [-0.39, 0.29) is 49.5 Å². The fourth-order valence-corrected chi connectivity index (χ4v) is 11.0. The number of nitrogens with zero attached hydrogens (tertiary/aromatic N) is 4. The predicted octanol–water partition coefficient (Wildman–Crippen LogP) is 17.4. The molecular weight excluding hydrogens is 1050 g/mol. The first kappa shape index (κ1) is 46.4. The molecule has 0 spiro atoms. The molecule has 0 aliphatic heterocycles. The number of fused-ring (bicyclic) bond motifs is 13. The summed E-state index contributed by atoms with van der Waals surface area (Å²) in [5, 5.41) is 18.0. The van der Waals surface area contributed by atoms with E-state index in [1.165, 1.54) is 22.3 Å². The topological polar surface area (TPSA) is 68.5 Å². The first-order chi connectivity index (χ1) is 33.6. The Kier molecular flexibility index (Phi) is 11.0. The van der Waals surface area contributed by atoms with Crippen molar-refractivity contribution in [2.24, 2.45) is 0 Å². The Morgan fingerprint density at radius 3 is 1.83 bits per heavy atom. The van der Waals surface area contributed by atoms with Crippen molar-refractivity contribution in [1.82, 2.24) is 18.9 Å². The number of furan rings is 1. The van der Waals surface area contributed by atoms with Crippen LogP contribution in [0.3, 0.4) is 0 Å². The summed E-state index contributed by atoms with van der Waals surface area (Å²) in [6, 6.07) is 55.3. The molecule has 0 saturated carbocycles. The van der Waals surface area contributed by atoms with E-state index in [0.29, 0.717) is 11.4 Å². The van der Waals surface area contributed by atoms with Gasteiger partial charge < -0.3 is 13.9 Å². The molecule has 4 heterocycles. The van der Waals surface area contributed by atoms with E-state index >= 15 is 0 Å². The van der Waals surface area contributed by atoms with Gasteiger partial charge in [0.05, 0.1) is 44.5 Å². The zero-order chi connectivity index (χ0) is 48.5. The smallest absolute Gasteiger partial charge is 0.149 e. The maximum Gasteiger partial charge on any atom is 0.149 e. The van der Waals surface area contributed by atoms with Crippen LogP contribution in [-0.4, -0.2) is 24.0 Å². The van der Waals surface area contributed by atoms with Gasteiger partial charge in [0.25, 0.3) is 0 Å². The van der Waals surface area contributed by atoms with Gasteiger partial charge in [0, 0.05) is 48.7 Å². The molecular formula is C64H57N4O2Pt-. The number of aromatic hydroxyl groups is 1. The summed E-state index contributed by atoms with van der Waals surface area (Å²) >= 11 is 0. The average molecular weight is 1110 g/mol. The van der Waals surface area contributed by atoms with Gasteiger partial charge in [-0.15, -0.1) is 12.1 Å². The summed E-state index contributed by atoms with van der Waals surface area (Å²) in [5.74, 6) is 1.30. The van der Waals surface area contributed by atoms with Crippen molar-refractivity contribution in [3.63, 3.8) is 0 Å². The molecule has 0 fully saturated rings. The van der Waals surface area contributed by atoms with Crippen LogP contribution < -0.4 is 0 Å². The Hall–Kier alpha value is -7.01. The second-order valence-electron chi connectivity index (χ2n) is 21.9. The number of hydrogen-bond donors (Lipinski definition) is 1. The standard InChI is InChI=1S/C64H57N4O2.Pt/c1-36(2)46-32-39(38-20-12-11-13-21-38)33-47(37(3)4)59(46)68-52-28-19-25-42(58(52)66-62(68)48-34-40(63(5,6)7)35-49(60(48)69)64(8,9)10)41-24-18-27-51-57(41)65-61-45-30-31-54-56(44-23-15-17-29-53(44)70-54)55(45)43-22-14-16-26-50(43)67(51)61;/h11-29,31-37,69H,1-10H3;/q-1;. The van der Waals surface area contributed by atoms with Crippen LogP contribution in [0, 0.1) is 6.07 Å². The zero-order valence-corrected chi connectivity index (χ0v) is 44.2. The van der Waals surface area contributed by atoms with E-state index in [4.69, 9.17) is 14.4 Å². The molecule has 6 nitrogen and oxygen atoms in total. The maximum atomic E-state index is 12.7. The first-order valence-electron chi connectivity index (χ1n) is 24.7. The molecule has 0 radical (unpaired) electrons. The maximum absolute atomic E-state index is 12.7. The van der Waals surface area contributed by atoms with E-state index < -0.39 is 0 Å². The van der Waals surface area contributed by atoms with Gasteiger partial charge >= 0.3 is 0 Å². The molecule has 0 aliphatic carbocycles. The number of rotatable bonds is 6. The summed E-state index contributed by atoms with van der Waals surface area (Å²) < 4.78 is 11.1. The summed E-state index contributed by atoms with van der Waals surface area (Å²) in [6.07, 6.45) is 0. The molecule has 1 N–H and O–H groups in total. The first-order valence-corrected chi connectivity index (χ1v) is 24.7. The van der Waals surface area contributed by atoms with Crippen molar-refractivity contribution in [2.45, 2.75) is 91.9 Å². The fourth-order valence-electron chi connectivity index (χ4n) is 11.0. The van der Waals surface area contributed by atoms with Gasteiger partial charge in [-0.2, -0.15) is 0 Å². The van der Waals surface area contributed by atoms with Crippen LogP contribution in [0.1, 0.15) is 103 Å². The molecule has 0 saturated heterocycles. The Labute approximate surface area is 429 Å². The van der Waals surface area contributed by atoms with Gasteiger partial charge in [-0.3, -0.25) is 9.55 Å². The van der Waals surface area contributed by atoms with Crippen molar-refractivity contribution in [2.75, 3.05) is 0 Å². The molecule has 12 rings (SSSR count). The normalized spacial score (nSPS) is 12.6. The average Bonchev–Trinajstić information content (AvgIpc) is 4.05. The number of imidazole rings is 2. The molecule has 7 heteroatoms. The Bertz CT molecular complexity index is 4070. The Morgan fingerprint density at radius 2 is 1.17 bits per heavy atom. The second kappa shape index (κ2) is 16.8. The second-order valence-corrected chi connectivity index (χ2v) is 21.9. The van der Waals surface area contributed by atoms with Crippen molar-refractivity contribution in [3.8, 4) is 45.1 Å². The number of hydrogen-bond acceptors (Lipinski definition) is 4. The van der Waals surface area contributed by atoms with Gasteiger partial charge in [0.15, 0.2) is 0 Å². The van der Waals surface area contributed by atoms with Crippen LogP contribution in [-0.2, 0) is 31.9 Å². The molecule has 0 bridgehead atoms. The third-order valence-corrected chi connectivity index (χ3v) is 14.5. The monoisotopic (exact) mass is 1110 g/mol. The van der Waals surface area contributed by atoms with E-state index in [9.17, 15) is 5.11 Å². The van der Waals surface area contributed by atoms with E-state index in [1.807, 2.05) is 18.2 Å². The molecule has 0 amide bonds. The van der Waals surface area contributed by atoms with E-state index in [0.717, 1.165) is 99.3 Å². The molecule has 0 atom stereocenters. The minimum absolute atomic E-state index is 0. The van der Waals surface area contributed by atoms with Crippen LogP contribution in [0.25, 0.3) is 111 Å². The van der Waals surface area contributed by atoms with Crippen LogP contribution in [0.4, 0.5) is 0 Å². The third kappa shape index (κ3) is 7.23. The fraction of sp³-hybridized carbons (Fsp3) is 0.219. The minimum atomic E-state index is -0.341. The number of para-hydroxylation sites is 4. The number of phenols is 1. The van der Waals surface area contributed by atoms with Crippen molar-refractivity contribution >= 4 is 71.3 Å². The molecule has 71 heavy (non-hydrogen) atoms. The quantitative estimate of drug-likeness (QED) is 0.133. The van der Waals surface area contributed by atoms with E-state index in [1.54, 1.807) is 0 Å². The molecule has 0 aliphatic rings. The Balaban J connectivity index is 0.00000547. The SMILES string of the molecule is CC(C)c1cc(-c2ccccc2)cc(C(C)C)c1-n1c(-c2cc(C(C)(C)C)cc(C(C)(C)C)c2O)nc2c(-c3cccc4c3nc3c5[c-]cc6oc7ccccc7c6c5c5ccccc5n43)cccc21.[Pt]. The molecule has 8 aromatic carbocycles. The van der Waals surface area contributed by atoms with E-state index in [2.05, 4.69) is 212 Å². The van der Waals surface area contributed by atoms with Crippen molar-refractivity contribution in [3.05, 3.63) is 174 Å². The molecule has 0 unspecified atom stereocenters. The number of phenolic OH excluding ortho intramolecular Hbond substituents is 1. The minimum Gasteiger partial charge on any atom is -0.507 e. The zero-order valence-electron chi connectivity index (χ0n) is 42.0. The molecule has 12 aromatic rings.